The minimum Gasteiger partial charge on any atom is -0.458 e. The van der Waals surface area contributed by atoms with Crippen molar-refractivity contribution in [3.05, 3.63) is 63.9 Å². The van der Waals surface area contributed by atoms with Crippen molar-refractivity contribution in [3.63, 3.8) is 0 Å². The van der Waals surface area contributed by atoms with E-state index in [1.807, 2.05) is 0 Å². The monoisotopic (exact) mass is 371 g/mol. The zero-order valence-corrected chi connectivity index (χ0v) is 18.0. The van der Waals surface area contributed by atoms with Gasteiger partial charge in [-0.3, -0.25) is 0 Å². The van der Waals surface area contributed by atoms with Gasteiger partial charge in [-0.05, 0) is 75.4 Å². The number of fused-ring (bicyclic) bond motifs is 3. The average Bonchev–Trinajstić information content (AvgIpc) is 2.89. The molecule has 0 bridgehead atoms. The van der Waals surface area contributed by atoms with Crippen molar-refractivity contribution in [2.24, 2.45) is 5.92 Å². The fraction of sp³-hybridized carbons (Fsp3) is 0.346. The van der Waals surface area contributed by atoms with Crippen LogP contribution in [-0.4, -0.2) is 4.98 Å². The minimum absolute atomic E-state index is 0.548. The Balaban J connectivity index is 2.17. The van der Waals surface area contributed by atoms with Crippen LogP contribution in [0.15, 0.2) is 34.7 Å². The second-order valence-corrected chi connectivity index (χ2v) is 8.77. The molecule has 0 aliphatic rings. The standard InChI is InChI=1S/C26H29NO/c1-14(2)8-22-19(7)24-23-18(6)10-17(5)13-21(23)27-25(26(24)28-22)20-11-15(3)9-16(4)12-20/h9-14H,8H2,1-7H3. The van der Waals surface area contributed by atoms with Gasteiger partial charge in [0, 0.05) is 22.8 Å². The van der Waals surface area contributed by atoms with Gasteiger partial charge in [-0.1, -0.05) is 37.1 Å². The third-order valence-electron chi connectivity index (χ3n) is 5.49. The summed E-state index contributed by atoms with van der Waals surface area (Å²) in [6.07, 6.45) is 0.944. The van der Waals surface area contributed by atoms with E-state index in [4.69, 9.17) is 9.40 Å². The molecule has 0 aliphatic carbocycles. The van der Waals surface area contributed by atoms with Crippen molar-refractivity contribution in [2.75, 3.05) is 0 Å². The molecule has 0 fully saturated rings. The molecule has 0 amide bonds. The van der Waals surface area contributed by atoms with Crippen LogP contribution in [0.4, 0.5) is 0 Å². The Morgan fingerprint density at radius 1 is 0.821 bits per heavy atom. The Kier molecular flexibility index (Phi) is 4.53. The highest BCUT2D eigenvalue weighted by Crippen LogP contribution is 2.40. The van der Waals surface area contributed by atoms with E-state index < -0.39 is 0 Å². The first-order valence-corrected chi connectivity index (χ1v) is 10.2. The van der Waals surface area contributed by atoms with Gasteiger partial charge < -0.3 is 4.42 Å². The first-order chi connectivity index (χ1) is 13.2. The molecular formula is C26H29NO. The third kappa shape index (κ3) is 3.11. The lowest BCUT2D eigenvalue weighted by Crippen LogP contribution is -1.94. The van der Waals surface area contributed by atoms with Crippen molar-refractivity contribution < 1.29 is 4.42 Å². The van der Waals surface area contributed by atoms with E-state index in [2.05, 4.69) is 78.8 Å². The van der Waals surface area contributed by atoms with Crippen LogP contribution in [-0.2, 0) is 6.42 Å². The van der Waals surface area contributed by atoms with Crippen LogP contribution in [0.3, 0.4) is 0 Å². The highest BCUT2D eigenvalue weighted by molar-refractivity contribution is 6.12. The molecule has 2 aromatic carbocycles. The van der Waals surface area contributed by atoms with Crippen LogP contribution in [0.1, 0.15) is 47.4 Å². The first kappa shape index (κ1) is 18.7. The van der Waals surface area contributed by atoms with Crippen molar-refractivity contribution >= 4 is 21.9 Å². The van der Waals surface area contributed by atoms with Gasteiger partial charge in [0.1, 0.15) is 11.5 Å². The van der Waals surface area contributed by atoms with E-state index in [0.717, 1.165) is 34.5 Å². The second-order valence-electron chi connectivity index (χ2n) is 8.77. The average molecular weight is 372 g/mol. The highest BCUT2D eigenvalue weighted by Gasteiger charge is 2.21. The second kappa shape index (κ2) is 6.77. The molecule has 0 aliphatic heterocycles. The number of pyridine rings is 1. The van der Waals surface area contributed by atoms with Crippen molar-refractivity contribution in [2.45, 2.75) is 54.9 Å². The van der Waals surface area contributed by atoms with E-state index in [1.165, 1.54) is 38.6 Å². The lowest BCUT2D eigenvalue weighted by molar-refractivity contribution is 0.496. The van der Waals surface area contributed by atoms with Gasteiger partial charge in [0.2, 0.25) is 0 Å². The number of rotatable bonds is 3. The molecule has 4 aromatic rings. The molecule has 0 atom stereocenters. The molecule has 0 spiro atoms. The summed E-state index contributed by atoms with van der Waals surface area (Å²) in [6, 6.07) is 11.1. The summed E-state index contributed by atoms with van der Waals surface area (Å²) in [5.41, 5.74) is 10.3. The van der Waals surface area contributed by atoms with E-state index in [-0.39, 0.29) is 0 Å². The van der Waals surface area contributed by atoms with Crippen molar-refractivity contribution in [1.29, 1.82) is 0 Å². The normalized spacial score (nSPS) is 11.9. The van der Waals surface area contributed by atoms with E-state index >= 15 is 0 Å². The van der Waals surface area contributed by atoms with Gasteiger partial charge in [0.15, 0.2) is 5.58 Å². The maximum atomic E-state index is 6.51. The van der Waals surface area contributed by atoms with Crippen LogP contribution in [0, 0.1) is 40.5 Å². The third-order valence-corrected chi connectivity index (χ3v) is 5.49. The number of aryl methyl sites for hydroxylation is 5. The molecule has 144 valence electrons. The molecule has 0 unspecified atom stereocenters. The van der Waals surface area contributed by atoms with Crippen molar-refractivity contribution in [3.8, 4) is 11.3 Å². The summed E-state index contributed by atoms with van der Waals surface area (Å²) in [5.74, 6) is 1.64. The Hall–Kier alpha value is -2.61. The molecule has 0 saturated carbocycles. The van der Waals surface area contributed by atoms with E-state index in [9.17, 15) is 0 Å². The first-order valence-electron chi connectivity index (χ1n) is 10.2. The maximum Gasteiger partial charge on any atom is 0.161 e. The fourth-order valence-corrected chi connectivity index (χ4v) is 4.43. The SMILES string of the molecule is Cc1cc(C)cc(-c2nc3cc(C)cc(C)c3c3c(C)c(CC(C)C)oc23)c1. The molecule has 0 saturated heterocycles. The van der Waals surface area contributed by atoms with Gasteiger partial charge in [-0.25, -0.2) is 4.98 Å². The lowest BCUT2D eigenvalue weighted by atomic mass is 9.96. The number of furan rings is 1. The summed E-state index contributed by atoms with van der Waals surface area (Å²) in [5, 5.41) is 2.46. The summed E-state index contributed by atoms with van der Waals surface area (Å²) in [7, 11) is 0. The number of hydrogen-bond donors (Lipinski definition) is 0. The molecule has 0 radical (unpaired) electrons. The number of hydrogen-bond acceptors (Lipinski definition) is 2. The van der Waals surface area contributed by atoms with Gasteiger partial charge in [0.05, 0.1) is 5.52 Å². The van der Waals surface area contributed by atoms with Crippen LogP contribution in [0.25, 0.3) is 33.1 Å². The Labute approximate surface area is 167 Å². The predicted octanol–water partition coefficient (Wildman–Crippen LogP) is 7.39. The Bertz CT molecular complexity index is 1190. The largest absolute Gasteiger partial charge is 0.458 e. The summed E-state index contributed by atoms with van der Waals surface area (Å²) >= 11 is 0. The molecule has 0 N–H and O–H groups in total. The van der Waals surface area contributed by atoms with Gasteiger partial charge in [-0.15, -0.1) is 0 Å². The fourth-order valence-electron chi connectivity index (χ4n) is 4.43. The van der Waals surface area contributed by atoms with Gasteiger partial charge in [0.25, 0.3) is 0 Å². The van der Waals surface area contributed by atoms with Crippen LogP contribution >= 0.6 is 0 Å². The molecular weight excluding hydrogens is 342 g/mol. The highest BCUT2D eigenvalue weighted by atomic mass is 16.3. The summed E-state index contributed by atoms with van der Waals surface area (Å²) in [6.45, 7) is 15.3. The topological polar surface area (TPSA) is 26.0 Å². The van der Waals surface area contributed by atoms with Gasteiger partial charge >= 0.3 is 0 Å². The van der Waals surface area contributed by atoms with Crippen LogP contribution < -0.4 is 0 Å². The van der Waals surface area contributed by atoms with E-state index in [1.54, 1.807) is 0 Å². The molecule has 2 aromatic heterocycles. The molecule has 28 heavy (non-hydrogen) atoms. The van der Waals surface area contributed by atoms with Crippen LogP contribution in [0.2, 0.25) is 0 Å². The Morgan fingerprint density at radius 2 is 1.46 bits per heavy atom. The molecule has 2 heterocycles. The molecule has 2 heteroatoms. The number of nitrogens with zero attached hydrogens (tertiary/aromatic N) is 1. The van der Waals surface area contributed by atoms with Gasteiger partial charge in [-0.2, -0.15) is 0 Å². The minimum atomic E-state index is 0.548. The molecule has 2 nitrogen and oxygen atoms in total. The molecule has 4 rings (SSSR count). The zero-order chi connectivity index (χ0) is 20.2. The van der Waals surface area contributed by atoms with Crippen LogP contribution in [0.5, 0.6) is 0 Å². The van der Waals surface area contributed by atoms with E-state index in [0.29, 0.717) is 5.92 Å². The number of aromatic nitrogens is 1. The Morgan fingerprint density at radius 3 is 2.11 bits per heavy atom. The predicted molar refractivity (Wildman–Crippen MR) is 119 cm³/mol. The lowest BCUT2D eigenvalue weighted by Gasteiger charge is -2.11. The summed E-state index contributed by atoms with van der Waals surface area (Å²) < 4.78 is 6.51. The van der Waals surface area contributed by atoms with Crippen molar-refractivity contribution in [1.82, 2.24) is 4.98 Å². The summed E-state index contributed by atoms with van der Waals surface area (Å²) in [4.78, 5) is 5.12. The quantitative estimate of drug-likeness (QED) is 0.375. The smallest absolute Gasteiger partial charge is 0.161 e. The zero-order valence-electron chi connectivity index (χ0n) is 18.0. The number of benzene rings is 2. The maximum absolute atomic E-state index is 6.51.